The molecule has 0 spiro atoms. The summed E-state index contributed by atoms with van der Waals surface area (Å²) < 4.78 is 30.1. The normalized spacial score (nSPS) is 14.4. The maximum absolute atomic E-state index is 13.4. The summed E-state index contributed by atoms with van der Waals surface area (Å²) in [6.07, 6.45) is 60.2. The van der Waals surface area contributed by atoms with Gasteiger partial charge in [-0.1, -0.05) is 197 Å². The molecule has 0 saturated heterocycles. The van der Waals surface area contributed by atoms with E-state index >= 15 is 0 Å². The van der Waals surface area contributed by atoms with Crippen LogP contribution in [0.4, 0.5) is 0 Å². The van der Waals surface area contributed by atoms with Gasteiger partial charge in [0, 0.05) is 12.8 Å². The molecule has 68 heavy (non-hydrogen) atoms. The highest BCUT2D eigenvalue weighted by Gasteiger charge is 2.27. The third kappa shape index (κ3) is 48.5. The molecule has 0 fully saturated rings. The first-order chi connectivity index (χ1) is 32.9. The molecule has 0 aliphatic carbocycles. The lowest BCUT2D eigenvalue weighted by Crippen LogP contribution is -2.47. The van der Waals surface area contributed by atoms with Gasteiger partial charge in [0.2, 0.25) is 5.91 Å². The molecule has 0 saturated carbocycles. The van der Waals surface area contributed by atoms with Crippen molar-refractivity contribution in [2.75, 3.05) is 40.9 Å². The van der Waals surface area contributed by atoms with E-state index in [1.807, 2.05) is 27.2 Å². The number of nitrogens with one attached hydrogen (secondary N) is 1. The minimum Gasteiger partial charge on any atom is -0.756 e. The van der Waals surface area contributed by atoms with Crippen molar-refractivity contribution in [3.63, 3.8) is 0 Å². The average molecular weight is 973 g/mol. The number of carbonyl (C=O) groups excluding carboxylic acids is 2. The highest BCUT2D eigenvalue weighted by atomic mass is 31.2. The SMILES string of the molecule is CCCCC/C=C\C/C=C\C/C=C\C/C=C\CCCC(=O)NC(COP(=O)([O-])OCC[N+](C)(C)C)C(/C=C/CCCCCCCCCCC)OC(=O)CCCCC/C=C\CCCCCCCCC. The second-order valence-electron chi connectivity index (χ2n) is 19.7. The molecular weight excluding hydrogens is 868 g/mol. The van der Waals surface area contributed by atoms with Gasteiger partial charge < -0.3 is 28.5 Å². The summed E-state index contributed by atoms with van der Waals surface area (Å²) in [6.45, 7) is 6.73. The Bertz CT molecular complexity index is 1400. The van der Waals surface area contributed by atoms with Crippen molar-refractivity contribution in [3.8, 4) is 0 Å². The molecule has 0 aromatic carbocycles. The van der Waals surface area contributed by atoms with Gasteiger partial charge in [-0.3, -0.25) is 14.2 Å². The van der Waals surface area contributed by atoms with E-state index in [-0.39, 0.29) is 31.3 Å². The van der Waals surface area contributed by atoms with Crippen LogP contribution in [-0.2, 0) is 27.9 Å². The Balaban J connectivity index is 5.48. The summed E-state index contributed by atoms with van der Waals surface area (Å²) in [5.41, 5.74) is 0. The molecule has 3 unspecified atom stereocenters. The Morgan fingerprint density at radius 3 is 1.41 bits per heavy atom. The monoisotopic (exact) mass is 973 g/mol. The first kappa shape index (κ1) is 65.5. The Hall–Kier alpha value is -2.55. The van der Waals surface area contributed by atoms with Crippen LogP contribution >= 0.6 is 7.82 Å². The van der Waals surface area contributed by atoms with E-state index in [1.54, 1.807) is 6.08 Å². The number of carbonyl (C=O) groups is 2. The summed E-state index contributed by atoms with van der Waals surface area (Å²) in [7, 11) is 1.14. The van der Waals surface area contributed by atoms with Gasteiger partial charge >= 0.3 is 5.97 Å². The Labute approximate surface area is 419 Å². The number of phosphoric acid groups is 1. The zero-order valence-corrected chi connectivity index (χ0v) is 45.7. The standard InChI is InChI=1S/C58H105N2O7P/c1-7-10-13-16-19-22-25-27-29-30-31-32-35-38-41-44-47-50-57(61)59-55(54-66-68(63,64)65-53-52-60(4,5)6)56(49-46-43-40-37-34-24-21-18-15-12-9-3)67-58(62)51-48-45-42-39-36-33-28-26-23-20-17-14-11-8-2/h19,22,27,29,31-33,36,38,41,46,49,55-56H,7-18,20-21,23-26,28,30,34-35,37,39-40,42-45,47-48,50-54H2,1-6H3,(H-,59,61,63,64)/b22-19-,29-27-,32-31-,36-33-,41-38-,49-46+. The van der Waals surface area contributed by atoms with E-state index in [1.165, 1.54) is 116 Å². The number of hydrogen-bond acceptors (Lipinski definition) is 7. The molecule has 1 amide bonds. The van der Waals surface area contributed by atoms with Crippen molar-refractivity contribution in [3.05, 3.63) is 72.9 Å². The summed E-state index contributed by atoms with van der Waals surface area (Å²) in [6, 6.07) is -0.923. The lowest BCUT2D eigenvalue weighted by Gasteiger charge is -2.30. The van der Waals surface area contributed by atoms with Gasteiger partial charge in [0.15, 0.2) is 0 Å². The van der Waals surface area contributed by atoms with Gasteiger partial charge in [0.05, 0.1) is 33.8 Å². The summed E-state index contributed by atoms with van der Waals surface area (Å²) in [5, 5.41) is 2.97. The number of allylic oxidation sites excluding steroid dienone is 11. The van der Waals surface area contributed by atoms with Gasteiger partial charge in [-0.25, -0.2) is 0 Å². The topological polar surface area (TPSA) is 114 Å². The first-order valence-electron chi connectivity index (χ1n) is 27.7. The van der Waals surface area contributed by atoms with E-state index < -0.39 is 26.6 Å². The number of likely N-dealkylation sites (N-methyl/N-ethyl adjacent to an activating group) is 1. The molecule has 0 aliphatic rings. The fraction of sp³-hybridized carbons (Fsp3) is 0.759. The number of amides is 1. The largest absolute Gasteiger partial charge is 0.756 e. The summed E-state index contributed by atoms with van der Waals surface area (Å²) in [4.78, 5) is 39.7. The van der Waals surface area contributed by atoms with Crippen molar-refractivity contribution in [2.45, 2.75) is 245 Å². The number of hydrogen-bond donors (Lipinski definition) is 1. The lowest BCUT2D eigenvalue weighted by atomic mass is 10.1. The van der Waals surface area contributed by atoms with Gasteiger partial charge in [-0.05, 0) is 96.0 Å². The molecule has 0 aromatic rings. The summed E-state index contributed by atoms with van der Waals surface area (Å²) in [5.74, 6) is -0.629. The zero-order valence-electron chi connectivity index (χ0n) is 44.8. The van der Waals surface area contributed by atoms with Crippen LogP contribution in [0.25, 0.3) is 0 Å². The van der Waals surface area contributed by atoms with Gasteiger partial charge in [-0.2, -0.15) is 0 Å². The quantitative estimate of drug-likeness (QED) is 0.0212. The smallest absolute Gasteiger partial charge is 0.306 e. The number of unbranched alkanes of at least 4 members (excludes halogenated alkanes) is 23. The van der Waals surface area contributed by atoms with E-state index in [0.717, 1.165) is 70.6 Å². The van der Waals surface area contributed by atoms with Crippen molar-refractivity contribution in [2.24, 2.45) is 0 Å². The van der Waals surface area contributed by atoms with E-state index in [2.05, 4.69) is 86.8 Å². The fourth-order valence-corrected chi connectivity index (χ4v) is 8.23. The summed E-state index contributed by atoms with van der Waals surface area (Å²) >= 11 is 0. The first-order valence-corrected chi connectivity index (χ1v) is 29.2. The lowest BCUT2D eigenvalue weighted by molar-refractivity contribution is -0.870. The highest BCUT2D eigenvalue weighted by molar-refractivity contribution is 7.45. The van der Waals surface area contributed by atoms with Crippen LogP contribution in [-0.4, -0.2) is 69.4 Å². The minimum atomic E-state index is -4.71. The predicted molar refractivity (Wildman–Crippen MR) is 288 cm³/mol. The maximum Gasteiger partial charge on any atom is 0.306 e. The second-order valence-corrected chi connectivity index (χ2v) is 21.1. The van der Waals surface area contributed by atoms with Crippen molar-refractivity contribution in [1.82, 2.24) is 5.32 Å². The minimum absolute atomic E-state index is 0.0369. The van der Waals surface area contributed by atoms with Gasteiger partial charge in [0.25, 0.3) is 7.82 Å². The fourth-order valence-electron chi connectivity index (χ4n) is 7.51. The number of ether oxygens (including phenoxy) is 1. The van der Waals surface area contributed by atoms with Crippen LogP contribution in [0.5, 0.6) is 0 Å². The average Bonchev–Trinajstić information content (AvgIpc) is 3.29. The molecule has 1 N–H and O–H groups in total. The number of nitrogens with zero attached hydrogens (tertiary/aromatic N) is 1. The van der Waals surface area contributed by atoms with Crippen LogP contribution in [0.1, 0.15) is 233 Å². The second kappa shape index (κ2) is 48.1. The molecule has 3 atom stereocenters. The van der Waals surface area contributed by atoms with Gasteiger partial charge in [0.1, 0.15) is 19.3 Å². The van der Waals surface area contributed by atoms with E-state index in [4.69, 9.17) is 13.8 Å². The molecule has 9 nitrogen and oxygen atoms in total. The van der Waals surface area contributed by atoms with Crippen LogP contribution in [0.2, 0.25) is 0 Å². The molecule has 0 rings (SSSR count). The van der Waals surface area contributed by atoms with Crippen LogP contribution < -0.4 is 10.2 Å². The van der Waals surface area contributed by atoms with Crippen LogP contribution in [0, 0.1) is 0 Å². The molecule has 394 valence electrons. The molecule has 0 aromatic heterocycles. The molecule has 0 heterocycles. The molecule has 0 aliphatic heterocycles. The number of rotatable bonds is 49. The van der Waals surface area contributed by atoms with E-state index in [0.29, 0.717) is 23.9 Å². The van der Waals surface area contributed by atoms with Crippen molar-refractivity contribution < 1.29 is 37.3 Å². The van der Waals surface area contributed by atoms with E-state index in [9.17, 15) is 19.0 Å². The van der Waals surface area contributed by atoms with Crippen LogP contribution in [0.15, 0.2) is 72.9 Å². The number of quaternary nitrogens is 1. The third-order valence-electron chi connectivity index (χ3n) is 11.9. The predicted octanol–water partition coefficient (Wildman–Crippen LogP) is 15.9. The van der Waals surface area contributed by atoms with Crippen molar-refractivity contribution in [1.29, 1.82) is 0 Å². The Morgan fingerprint density at radius 2 is 0.912 bits per heavy atom. The zero-order chi connectivity index (χ0) is 50.1. The van der Waals surface area contributed by atoms with Crippen molar-refractivity contribution >= 4 is 19.7 Å². The maximum atomic E-state index is 13.4. The highest BCUT2D eigenvalue weighted by Crippen LogP contribution is 2.38. The van der Waals surface area contributed by atoms with Gasteiger partial charge in [-0.15, -0.1) is 0 Å². The molecule has 10 heteroatoms. The Morgan fingerprint density at radius 1 is 0.515 bits per heavy atom. The van der Waals surface area contributed by atoms with Crippen LogP contribution in [0.3, 0.4) is 0 Å². The molecule has 0 bridgehead atoms. The Kier molecular flexibility index (Phi) is 46.3. The third-order valence-corrected chi connectivity index (χ3v) is 12.8. The number of phosphoric ester groups is 1. The molecular formula is C58H105N2O7P. The number of esters is 1. The molecule has 0 radical (unpaired) electrons.